The Hall–Kier alpha value is -3.12. The minimum absolute atomic E-state index is 0.161. The van der Waals surface area contributed by atoms with Crippen LogP contribution in [0.5, 0.6) is 0 Å². The molecule has 0 unspecified atom stereocenters. The van der Waals surface area contributed by atoms with E-state index in [4.69, 9.17) is 21.3 Å². The monoisotopic (exact) mass is 394 g/mol. The van der Waals surface area contributed by atoms with Gasteiger partial charge in [-0.15, -0.1) is 0 Å². The van der Waals surface area contributed by atoms with Gasteiger partial charge in [0.25, 0.3) is 5.56 Å². The molecule has 0 aliphatic carbocycles. The van der Waals surface area contributed by atoms with Crippen molar-refractivity contribution < 1.29 is 17.6 Å². The second-order valence-corrected chi connectivity index (χ2v) is 5.93. The number of nitrogens with zero attached hydrogens (tertiary/aromatic N) is 4. The zero-order valence-electron chi connectivity index (χ0n) is 13.5. The lowest BCUT2D eigenvalue weighted by molar-refractivity contribution is -0.139. The molecule has 0 fully saturated rings. The number of hydrogen-bond donors (Lipinski definition) is 0. The van der Waals surface area contributed by atoms with E-state index in [2.05, 4.69) is 10.1 Å². The van der Waals surface area contributed by atoms with Crippen molar-refractivity contribution in [2.75, 3.05) is 0 Å². The summed E-state index contributed by atoms with van der Waals surface area (Å²) in [6, 6.07) is 8.89. The third-order valence-corrected chi connectivity index (χ3v) is 3.80. The van der Waals surface area contributed by atoms with Gasteiger partial charge in [0.05, 0.1) is 24.7 Å². The fraction of sp³-hybridized carbons (Fsp3) is 0.176. The van der Waals surface area contributed by atoms with E-state index in [0.717, 1.165) is 0 Å². The molecule has 0 atom stereocenters. The molecule has 0 bridgehead atoms. The largest absolute Gasteiger partial charge is 0.444 e. The van der Waals surface area contributed by atoms with Gasteiger partial charge in [0.15, 0.2) is 0 Å². The van der Waals surface area contributed by atoms with E-state index in [1.54, 1.807) is 30.3 Å². The second kappa shape index (κ2) is 7.25. The first kappa shape index (κ1) is 18.7. The highest BCUT2D eigenvalue weighted by Gasteiger charge is 2.35. The molecule has 0 saturated heterocycles. The van der Waals surface area contributed by atoms with Gasteiger partial charge in [-0.05, 0) is 30.3 Å². The molecule has 138 valence electrons. The molecule has 1 aromatic carbocycles. The van der Waals surface area contributed by atoms with Crippen molar-refractivity contribution in [1.29, 1.82) is 5.26 Å². The quantitative estimate of drug-likeness (QED) is 0.673. The van der Waals surface area contributed by atoms with Crippen molar-refractivity contribution in [3.8, 4) is 17.5 Å². The lowest BCUT2D eigenvalue weighted by Gasteiger charge is -2.10. The maximum Gasteiger partial charge on any atom is 0.421 e. The number of aromatic nitrogens is 3. The molecule has 0 amide bonds. The van der Waals surface area contributed by atoms with Gasteiger partial charge in [0.1, 0.15) is 17.5 Å². The molecular weight excluding hydrogens is 385 g/mol. The molecule has 0 N–H and O–H groups in total. The zero-order chi connectivity index (χ0) is 19.6. The van der Waals surface area contributed by atoms with Crippen molar-refractivity contribution in [2.45, 2.75) is 19.1 Å². The van der Waals surface area contributed by atoms with E-state index in [0.29, 0.717) is 21.3 Å². The number of hydrogen-bond acceptors (Lipinski definition) is 5. The molecule has 0 spiro atoms. The topological polar surface area (TPSA) is 84.7 Å². The highest BCUT2D eigenvalue weighted by molar-refractivity contribution is 6.30. The molecule has 0 aliphatic heterocycles. The SMILES string of the molecule is N#CCc1cc(C(F)(F)F)c(=O)n(Cc2coc(-c3ccc(Cl)cc3)n2)n1. The molecule has 0 saturated carbocycles. The number of oxazole rings is 1. The summed E-state index contributed by atoms with van der Waals surface area (Å²) in [4.78, 5) is 16.3. The van der Waals surface area contributed by atoms with Gasteiger partial charge >= 0.3 is 6.18 Å². The summed E-state index contributed by atoms with van der Waals surface area (Å²) >= 11 is 5.81. The van der Waals surface area contributed by atoms with Crippen molar-refractivity contribution in [1.82, 2.24) is 14.8 Å². The highest BCUT2D eigenvalue weighted by Crippen LogP contribution is 2.27. The molecule has 10 heteroatoms. The van der Waals surface area contributed by atoms with E-state index in [9.17, 15) is 18.0 Å². The molecule has 27 heavy (non-hydrogen) atoms. The van der Waals surface area contributed by atoms with Crippen LogP contribution >= 0.6 is 11.6 Å². The van der Waals surface area contributed by atoms with Crippen molar-refractivity contribution >= 4 is 11.6 Å². The Morgan fingerprint density at radius 2 is 1.93 bits per heavy atom. The van der Waals surface area contributed by atoms with E-state index in [1.165, 1.54) is 6.26 Å². The standard InChI is InChI=1S/C17H10ClF3N4O2/c18-11-3-1-10(2-4-11)15-23-13(9-27-15)8-25-16(26)14(17(19,20)21)7-12(24-25)5-6-22/h1-4,7,9H,5,8H2. The Morgan fingerprint density at radius 1 is 1.22 bits per heavy atom. The Morgan fingerprint density at radius 3 is 2.56 bits per heavy atom. The van der Waals surface area contributed by atoms with Gasteiger partial charge in [-0.25, -0.2) is 9.67 Å². The van der Waals surface area contributed by atoms with E-state index in [1.807, 2.05) is 0 Å². The molecule has 0 aliphatic rings. The summed E-state index contributed by atoms with van der Waals surface area (Å²) in [7, 11) is 0. The molecule has 6 nitrogen and oxygen atoms in total. The average Bonchev–Trinajstić information content (AvgIpc) is 3.06. The van der Waals surface area contributed by atoms with Gasteiger partial charge in [-0.3, -0.25) is 4.79 Å². The van der Waals surface area contributed by atoms with Crippen LogP contribution in [0.15, 0.2) is 45.8 Å². The molecule has 2 aromatic heterocycles. The molecule has 3 rings (SSSR count). The van der Waals surface area contributed by atoms with Crippen molar-refractivity contribution in [3.05, 3.63) is 68.9 Å². The van der Waals surface area contributed by atoms with Crippen LogP contribution in [0.3, 0.4) is 0 Å². The van der Waals surface area contributed by atoms with Crippen LogP contribution in [0.25, 0.3) is 11.5 Å². The Balaban J connectivity index is 1.96. The lowest BCUT2D eigenvalue weighted by atomic mass is 10.2. The first-order chi connectivity index (χ1) is 12.8. The predicted octanol–water partition coefficient (Wildman–Crippen LogP) is 3.68. The summed E-state index contributed by atoms with van der Waals surface area (Å²) in [5, 5.41) is 13.0. The number of benzene rings is 1. The Kier molecular flexibility index (Phi) is 5.01. The molecule has 0 radical (unpaired) electrons. The minimum Gasteiger partial charge on any atom is -0.444 e. The van der Waals surface area contributed by atoms with Crippen molar-refractivity contribution in [3.63, 3.8) is 0 Å². The zero-order valence-corrected chi connectivity index (χ0v) is 14.3. The fourth-order valence-corrected chi connectivity index (χ4v) is 2.46. The molecular formula is C17H10ClF3N4O2. The molecule has 2 heterocycles. The van der Waals surface area contributed by atoms with Gasteiger partial charge in [0.2, 0.25) is 5.89 Å². The average molecular weight is 395 g/mol. The van der Waals surface area contributed by atoms with Crippen molar-refractivity contribution in [2.24, 2.45) is 0 Å². The van der Waals surface area contributed by atoms with Gasteiger partial charge in [-0.1, -0.05) is 11.6 Å². The number of alkyl halides is 3. The van der Waals surface area contributed by atoms with Crippen LogP contribution in [0, 0.1) is 11.3 Å². The predicted molar refractivity (Wildman–Crippen MR) is 88.9 cm³/mol. The summed E-state index contributed by atoms with van der Waals surface area (Å²) in [5.41, 5.74) is -2.05. The summed E-state index contributed by atoms with van der Waals surface area (Å²) in [6.45, 7) is -0.335. The van der Waals surface area contributed by atoms with Crippen LogP contribution in [0.4, 0.5) is 13.2 Å². The van der Waals surface area contributed by atoms with E-state index >= 15 is 0 Å². The van der Waals surface area contributed by atoms with Gasteiger partial charge in [0, 0.05) is 10.6 Å². The maximum absolute atomic E-state index is 13.1. The fourth-order valence-electron chi connectivity index (χ4n) is 2.33. The summed E-state index contributed by atoms with van der Waals surface area (Å²) in [6.07, 6.45) is -4.00. The number of nitriles is 1. The van der Waals surface area contributed by atoms with Crippen LogP contribution < -0.4 is 5.56 Å². The normalized spacial score (nSPS) is 11.4. The van der Waals surface area contributed by atoms with Crippen LogP contribution in [-0.2, 0) is 19.1 Å². The lowest BCUT2D eigenvalue weighted by Crippen LogP contribution is -2.32. The second-order valence-electron chi connectivity index (χ2n) is 5.50. The van der Waals surface area contributed by atoms with E-state index in [-0.39, 0.29) is 30.2 Å². The first-order valence-electron chi connectivity index (χ1n) is 7.53. The third kappa shape index (κ3) is 4.17. The number of halogens is 4. The smallest absolute Gasteiger partial charge is 0.421 e. The summed E-state index contributed by atoms with van der Waals surface area (Å²) in [5.74, 6) is 0.221. The first-order valence-corrected chi connectivity index (χ1v) is 7.91. The van der Waals surface area contributed by atoms with Crippen LogP contribution in [0.1, 0.15) is 17.0 Å². The van der Waals surface area contributed by atoms with E-state index < -0.39 is 17.3 Å². The van der Waals surface area contributed by atoms with Gasteiger partial charge in [-0.2, -0.15) is 23.5 Å². The minimum atomic E-state index is -4.86. The highest BCUT2D eigenvalue weighted by atomic mass is 35.5. The third-order valence-electron chi connectivity index (χ3n) is 3.55. The Bertz CT molecular complexity index is 1070. The van der Waals surface area contributed by atoms with Gasteiger partial charge < -0.3 is 4.42 Å². The number of rotatable bonds is 4. The maximum atomic E-state index is 13.1. The van der Waals surface area contributed by atoms with Crippen LogP contribution in [-0.4, -0.2) is 14.8 Å². The summed E-state index contributed by atoms with van der Waals surface area (Å²) < 4.78 is 45.2. The molecule has 3 aromatic rings. The van der Waals surface area contributed by atoms with Crippen LogP contribution in [0.2, 0.25) is 5.02 Å². The Labute approximate surface area is 155 Å².